The number of benzene rings is 1. The molecule has 1 aromatic carbocycles. The molecule has 0 fully saturated rings. The van der Waals surface area contributed by atoms with E-state index in [1.165, 1.54) is 7.05 Å². The molecular weight excluding hydrogens is 420 g/mol. The Hall–Kier alpha value is -2.77. The van der Waals surface area contributed by atoms with Gasteiger partial charge in [-0.15, -0.1) is 0 Å². The lowest BCUT2D eigenvalue weighted by atomic mass is 10.1. The second-order valence-corrected chi connectivity index (χ2v) is 7.47. The molecule has 154 valence electrons. The van der Waals surface area contributed by atoms with Crippen LogP contribution in [0.4, 0.5) is 32.0 Å². The van der Waals surface area contributed by atoms with Gasteiger partial charge in [-0.1, -0.05) is 0 Å². The lowest BCUT2D eigenvalue weighted by Crippen LogP contribution is -2.23. The quantitative estimate of drug-likeness (QED) is 0.573. The minimum atomic E-state index is -5.76. The smallest absolute Gasteiger partial charge is 0.501 e. The number of aromatic nitrogens is 2. The van der Waals surface area contributed by atoms with Crippen LogP contribution in [0.3, 0.4) is 0 Å². The standard InChI is InChI=1S/C14H11F6N3O4S/c1-23-6-7(12(22-23)13(15,16)17)4-11(25)21-9-5-8(2-3-10(9)24)28(26,27)14(18,19)20/h2-3,5-6,24H,4H2,1H3,(H,21,25). The van der Waals surface area contributed by atoms with Crippen molar-refractivity contribution in [3.05, 3.63) is 35.7 Å². The van der Waals surface area contributed by atoms with Crippen LogP contribution in [0.1, 0.15) is 11.3 Å². The highest BCUT2D eigenvalue weighted by atomic mass is 32.2. The number of rotatable bonds is 4. The van der Waals surface area contributed by atoms with E-state index in [-0.39, 0.29) is 0 Å². The van der Waals surface area contributed by atoms with E-state index in [9.17, 15) is 44.7 Å². The van der Waals surface area contributed by atoms with Crippen LogP contribution in [-0.4, -0.2) is 34.7 Å². The van der Waals surface area contributed by atoms with Gasteiger partial charge < -0.3 is 10.4 Å². The molecule has 1 amide bonds. The van der Waals surface area contributed by atoms with Gasteiger partial charge in [0.15, 0.2) is 5.69 Å². The van der Waals surface area contributed by atoms with Crippen LogP contribution >= 0.6 is 0 Å². The number of nitrogens with zero attached hydrogens (tertiary/aromatic N) is 2. The van der Waals surface area contributed by atoms with Crippen molar-refractivity contribution in [1.82, 2.24) is 9.78 Å². The van der Waals surface area contributed by atoms with E-state index in [1.807, 2.05) is 5.32 Å². The summed E-state index contributed by atoms with van der Waals surface area (Å²) in [7, 11) is -4.57. The number of amides is 1. The molecule has 0 saturated carbocycles. The summed E-state index contributed by atoms with van der Waals surface area (Å²) in [6, 6.07) is 1.42. The lowest BCUT2D eigenvalue weighted by Gasteiger charge is -2.12. The number of phenols is 1. The number of hydrogen-bond acceptors (Lipinski definition) is 5. The number of sulfone groups is 1. The average Bonchev–Trinajstić information content (AvgIpc) is 2.88. The molecule has 14 heteroatoms. The molecule has 1 aromatic heterocycles. The molecular formula is C14H11F6N3O4S. The molecule has 0 saturated heterocycles. The highest BCUT2D eigenvalue weighted by molar-refractivity contribution is 7.92. The molecule has 28 heavy (non-hydrogen) atoms. The normalized spacial score (nSPS) is 12.8. The number of alkyl halides is 6. The van der Waals surface area contributed by atoms with Crippen molar-refractivity contribution < 1.29 is 44.7 Å². The molecule has 0 bridgehead atoms. The number of phenolic OH excluding ortho intramolecular Hbond substituents is 1. The Labute approximate surface area is 153 Å². The molecule has 0 unspecified atom stereocenters. The van der Waals surface area contributed by atoms with Gasteiger partial charge >= 0.3 is 11.7 Å². The zero-order chi connectivity index (χ0) is 21.5. The van der Waals surface area contributed by atoms with E-state index in [4.69, 9.17) is 0 Å². The van der Waals surface area contributed by atoms with Crippen LogP contribution in [0, 0.1) is 0 Å². The Morgan fingerprint density at radius 3 is 2.36 bits per heavy atom. The van der Waals surface area contributed by atoms with E-state index in [2.05, 4.69) is 5.10 Å². The predicted octanol–water partition coefficient (Wildman–Crippen LogP) is 2.62. The molecule has 0 radical (unpaired) electrons. The number of hydrogen-bond donors (Lipinski definition) is 2. The van der Waals surface area contributed by atoms with E-state index in [0.29, 0.717) is 18.2 Å². The SMILES string of the molecule is Cn1cc(CC(=O)Nc2cc(S(=O)(=O)C(F)(F)F)ccc2O)c(C(F)(F)F)n1. The van der Waals surface area contributed by atoms with E-state index < -0.39 is 61.4 Å². The minimum absolute atomic E-state index is 0.351. The third kappa shape index (κ3) is 4.37. The Morgan fingerprint density at radius 2 is 1.82 bits per heavy atom. The Balaban J connectivity index is 2.30. The molecule has 2 aromatic rings. The maximum Gasteiger partial charge on any atom is 0.501 e. The monoisotopic (exact) mass is 431 g/mol. The molecule has 0 aliphatic heterocycles. The number of halogens is 6. The van der Waals surface area contributed by atoms with Gasteiger partial charge in [-0.2, -0.15) is 31.4 Å². The first-order valence-electron chi connectivity index (χ1n) is 7.17. The van der Waals surface area contributed by atoms with Gasteiger partial charge in [-0.25, -0.2) is 8.42 Å². The van der Waals surface area contributed by atoms with Gasteiger partial charge in [-0.3, -0.25) is 9.48 Å². The minimum Gasteiger partial charge on any atom is -0.506 e. The van der Waals surface area contributed by atoms with Gasteiger partial charge in [0.2, 0.25) is 5.91 Å². The zero-order valence-corrected chi connectivity index (χ0v) is 14.6. The molecule has 0 aliphatic carbocycles. The first-order valence-corrected chi connectivity index (χ1v) is 8.65. The number of nitrogens with one attached hydrogen (secondary N) is 1. The van der Waals surface area contributed by atoms with E-state index in [0.717, 1.165) is 10.9 Å². The summed E-state index contributed by atoms with van der Waals surface area (Å²) in [6.45, 7) is 0. The Bertz CT molecular complexity index is 1010. The highest BCUT2D eigenvalue weighted by Gasteiger charge is 2.47. The van der Waals surface area contributed by atoms with Crippen molar-refractivity contribution in [1.29, 1.82) is 0 Å². The van der Waals surface area contributed by atoms with Crippen LogP contribution in [0.2, 0.25) is 0 Å². The molecule has 2 rings (SSSR count). The summed E-state index contributed by atoms with van der Waals surface area (Å²) < 4.78 is 100. The van der Waals surface area contributed by atoms with Crippen molar-refractivity contribution in [3.63, 3.8) is 0 Å². The second kappa shape index (κ2) is 7.00. The Kier molecular flexibility index (Phi) is 5.38. The molecule has 2 N–H and O–H groups in total. The van der Waals surface area contributed by atoms with E-state index in [1.54, 1.807) is 0 Å². The number of anilines is 1. The summed E-state index contributed by atoms with van der Waals surface area (Å²) >= 11 is 0. The summed E-state index contributed by atoms with van der Waals surface area (Å²) in [5, 5.41) is 14.7. The van der Waals surface area contributed by atoms with Gasteiger partial charge in [0, 0.05) is 18.8 Å². The summed E-state index contributed by atoms with van der Waals surface area (Å²) in [6.07, 6.45) is -4.80. The van der Waals surface area contributed by atoms with Crippen molar-refractivity contribution in [2.75, 3.05) is 5.32 Å². The molecule has 0 spiro atoms. The van der Waals surface area contributed by atoms with Gasteiger partial charge in [0.05, 0.1) is 17.0 Å². The van der Waals surface area contributed by atoms with Crippen LogP contribution in [0.25, 0.3) is 0 Å². The third-order valence-corrected chi connectivity index (χ3v) is 4.87. The summed E-state index contributed by atoms with van der Waals surface area (Å²) in [4.78, 5) is 10.7. The second-order valence-electron chi connectivity index (χ2n) is 5.53. The van der Waals surface area contributed by atoms with Crippen LogP contribution in [0.15, 0.2) is 29.3 Å². The maximum atomic E-state index is 12.9. The van der Waals surface area contributed by atoms with Crippen LogP contribution in [0.5, 0.6) is 5.75 Å². The molecule has 1 heterocycles. The van der Waals surface area contributed by atoms with Crippen molar-refractivity contribution in [2.24, 2.45) is 7.05 Å². The first-order chi connectivity index (χ1) is 12.6. The van der Waals surface area contributed by atoms with E-state index >= 15 is 0 Å². The van der Waals surface area contributed by atoms with Gasteiger partial charge in [-0.05, 0) is 18.2 Å². The predicted molar refractivity (Wildman–Crippen MR) is 81.9 cm³/mol. The third-order valence-electron chi connectivity index (χ3n) is 3.38. The fourth-order valence-corrected chi connectivity index (χ4v) is 2.98. The number of carbonyl (C=O) groups is 1. The fourth-order valence-electron chi connectivity index (χ4n) is 2.19. The topological polar surface area (TPSA) is 101 Å². The fraction of sp³-hybridized carbons (Fsp3) is 0.286. The summed E-state index contributed by atoms with van der Waals surface area (Å²) in [5.41, 5.74) is -8.19. The van der Waals surface area contributed by atoms with Gasteiger partial charge in [0.1, 0.15) is 5.75 Å². The number of aromatic hydroxyl groups is 1. The van der Waals surface area contributed by atoms with Crippen molar-refractivity contribution >= 4 is 21.4 Å². The first kappa shape index (κ1) is 21.5. The molecule has 0 atom stereocenters. The highest BCUT2D eigenvalue weighted by Crippen LogP contribution is 2.35. The maximum absolute atomic E-state index is 12.9. The largest absolute Gasteiger partial charge is 0.506 e. The summed E-state index contributed by atoms with van der Waals surface area (Å²) in [5.74, 6) is -1.92. The number of aryl methyl sites for hydroxylation is 1. The number of carbonyl (C=O) groups excluding carboxylic acids is 1. The van der Waals surface area contributed by atoms with Crippen molar-refractivity contribution in [2.45, 2.75) is 23.0 Å². The van der Waals surface area contributed by atoms with Crippen LogP contribution < -0.4 is 5.32 Å². The lowest BCUT2D eigenvalue weighted by molar-refractivity contribution is -0.142. The van der Waals surface area contributed by atoms with Gasteiger partial charge in [0.25, 0.3) is 9.84 Å². The van der Waals surface area contributed by atoms with Crippen LogP contribution in [-0.2, 0) is 34.3 Å². The Morgan fingerprint density at radius 1 is 1.21 bits per heavy atom. The average molecular weight is 431 g/mol. The zero-order valence-electron chi connectivity index (χ0n) is 13.8. The molecule has 0 aliphatic rings. The van der Waals surface area contributed by atoms with Crippen molar-refractivity contribution in [3.8, 4) is 5.75 Å². The molecule has 7 nitrogen and oxygen atoms in total.